The van der Waals surface area contributed by atoms with Crippen molar-refractivity contribution in [2.75, 3.05) is 26.7 Å². The Balaban J connectivity index is 1.86. The van der Waals surface area contributed by atoms with Crippen LogP contribution >= 0.6 is 11.6 Å². The molecule has 1 aliphatic heterocycles. The third kappa shape index (κ3) is 4.12. The number of methoxy groups -OCH3 is 1. The van der Waals surface area contributed by atoms with Gasteiger partial charge in [-0.2, -0.15) is 0 Å². The molecule has 1 atom stereocenters. The van der Waals surface area contributed by atoms with E-state index in [9.17, 15) is 4.79 Å². The number of rotatable bonds is 6. The van der Waals surface area contributed by atoms with Gasteiger partial charge in [0.25, 0.3) is 5.91 Å². The van der Waals surface area contributed by atoms with Crippen LogP contribution in [0.1, 0.15) is 19.8 Å². The number of carbonyl (C=O) groups is 1. The van der Waals surface area contributed by atoms with Crippen molar-refractivity contribution in [1.29, 1.82) is 0 Å². The van der Waals surface area contributed by atoms with Crippen molar-refractivity contribution in [3.8, 4) is 5.75 Å². The first kappa shape index (κ1) is 17.1. The summed E-state index contributed by atoms with van der Waals surface area (Å²) in [5, 5.41) is 6.72. The molecule has 1 heterocycles. The molecule has 5 nitrogen and oxygen atoms in total. The van der Waals surface area contributed by atoms with Crippen molar-refractivity contribution in [2.24, 2.45) is 0 Å². The molecule has 0 aromatic heterocycles. The number of hydrogen-bond donors (Lipinski definition) is 2. The van der Waals surface area contributed by atoms with Gasteiger partial charge < -0.3 is 20.1 Å². The molecule has 122 valence electrons. The Morgan fingerprint density at radius 1 is 1.41 bits per heavy atom. The van der Waals surface area contributed by atoms with Crippen LogP contribution in [-0.4, -0.2) is 44.4 Å². The summed E-state index contributed by atoms with van der Waals surface area (Å²) in [6.45, 7) is 3.87. The molecule has 0 bridgehead atoms. The average molecular weight is 327 g/mol. The lowest BCUT2D eigenvalue weighted by molar-refractivity contribution is -0.147. The number of nitrogens with one attached hydrogen (secondary N) is 2. The van der Waals surface area contributed by atoms with Crippen LogP contribution in [0.15, 0.2) is 24.3 Å². The van der Waals surface area contributed by atoms with Gasteiger partial charge in [-0.3, -0.25) is 4.79 Å². The summed E-state index contributed by atoms with van der Waals surface area (Å²) < 4.78 is 11.2. The maximum absolute atomic E-state index is 12.4. The van der Waals surface area contributed by atoms with E-state index in [2.05, 4.69) is 10.6 Å². The lowest BCUT2D eigenvalue weighted by atomic mass is 9.91. The average Bonchev–Trinajstić information content (AvgIpc) is 2.55. The summed E-state index contributed by atoms with van der Waals surface area (Å²) in [4.78, 5) is 12.4. The number of piperidine rings is 1. The second kappa shape index (κ2) is 7.81. The zero-order valence-corrected chi connectivity index (χ0v) is 13.8. The van der Waals surface area contributed by atoms with Gasteiger partial charge in [0.1, 0.15) is 17.5 Å². The molecule has 6 heteroatoms. The number of carbonyl (C=O) groups excluding carboxylic acids is 1. The molecule has 1 amide bonds. The third-order valence-corrected chi connectivity index (χ3v) is 4.24. The van der Waals surface area contributed by atoms with E-state index in [1.807, 2.05) is 25.1 Å². The fraction of sp³-hybridized carbons (Fsp3) is 0.562. The number of hydrogen-bond acceptors (Lipinski definition) is 4. The van der Waals surface area contributed by atoms with Crippen LogP contribution in [0.25, 0.3) is 0 Å². The van der Waals surface area contributed by atoms with E-state index in [4.69, 9.17) is 21.1 Å². The largest absolute Gasteiger partial charge is 0.487 e. The number of para-hydroxylation sites is 1. The maximum atomic E-state index is 12.4. The Hall–Kier alpha value is -1.30. The van der Waals surface area contributed by atoms with Crippen molar-refractivity contribution in [3.63, 3.8) is 0 Å². The van der Waals surface area contributed by atoms with Crippen LogP contribution in [0.2, 0.25) is 5.02 Å². The predicted octanol–water partition coefficient (Wildman–Crippen LogP) is 1.99. The van der Waals surface area contributed by atoms with E-state index in [0.29, 0.717) is 30.2 Å². The van der Waals surface area contributed by atoms with E-state index < -0.39 is 5.60 Å². The SMILES string of the molecule is COC1(C(=O)NCC(C)Oc2ccccc2Cl)CCNCC1. The van der Waals surface area contributed by atoms with Gasteiger partial charge in [0.05, 0.1) is 11.6 Å². The standard InChI is InChI=1S/C16H23ClN2O3/c1-12(22-14-6-4-3-5-13(14)17)11-19-15(20)16(21-2)7-9-18-10-8-16/h3-6,12,18H,7-11H2,1-2H3,(H,19,20). The first-order chi connectivity index (χ1) is 10.6. The molecule has 22 heavy (non-hydrogen) atoms. The third-order valence-electron chi connectivity index (χ3n) is 3.93. The quantitative estimate of drug-likeness (QED) is 0.839. The highest BCUT2D eigenvalue weighted by molar-refractivity contribution is 6.32. The zero-order valence-electron chi connectivity index (χ0n) is 13.0. The fourth-order valence-electron chi connectivity index (χ4n) is 2.55. The van der Waals surface area contributed by atoms with E-state index in [1.165, 1.54) is 0 Å². The van der Waals surface area contributed by atoms with Crippen LogP contribution in [0.4, 0.5) is 0 Å². The Morgan fingerprint density at radius 3 is 2.73 bits per heavy atom. The highest BCUT2D eigenvalue weighted by atomic mass is 35.5. The van der Waals surface area contributed by atoms with Crippen molar-refractivity contribution >= 4 is 17.5 Å². The number of ether oxygens (including phenoxy) is 2. The van der Waals surface area contributed by atoms with E-state index in [0.717, 1.165) is 13.1 Å². The molecular formula is C16H23ClN2O3. The van der Waals surface area contributed by atoms with Crippen molar-refractivity contribution in [2.45, 2.75) is 31.5 Å². The molecule has 1 saturated heterocycles. The maximum Gasteiger partial charge on any atom is 0.252 e. The van der Waals surface area contributed by atoms with Gasteiger partial charge >= 0.3 is 0 Å². The fourth-order valence-corrected chi connectivity index (χ4v) is 2.73. The number of amides is 1. The molecular weight excluding hydrogens is 304 g/mol. The first-order valence-electron chi connectivity index (χ1n) is 7.53. The van der Waals surface area contributed by atoms with Crippen molar-refractivity contribution < 1.29 is 14.3 Å². The Kier molecular flexibility index (Phi) is 6.06. The van der Waals surface area contributed by atoms with Crippen molar-refractivity contribution in [3.05, 3.63) is 29.3 Å². The lowest BCUT2D eigenvalue weighted by Gasteiger charge is -2.35. The molecule has 2 rings (SSSR count). The van der Waals surface area contributed by atoms with Gasteiger partial charge in [0.15, 0.2) is 0 Å². The topological polar surface area (TPSA) is 59.6 Å². The Labute approximate surface area is 136 Å². The van der Waals surface area contributed by atoms with Crippen LogP contribution < -0.4 is 15.4 Å². The second-order valence-corrected chi connectivity index (χ2v) is 5.92. The molecule has 1 aromatic carbocycles. The van der Waals surface area contributed by atoms with E-state index in [1.54, 1.807) is 13.2 Å². The molecule has 0 saturated carbocycles. The molecule has 2 N–H and O–H groups in total. The van der Waals surface area contributed by atoms with E-state index in [-0.39, 0.29) is 12.0 Å². The summed E-state index contributed by atoms with van der Waals surface area (Å²) in [6.07, 6.45) is 1.17. The molecule has 1 unspecified atom stereocenters. The van der Waals surface area contributed by atoms with Gasteiger partial charge in [-0.25, -0.2) is 0 Å². The van der Waals surface area contributed by atoms with Gasteiger partial charge in [-0.15, -0.1) is 0 Å². The highest BCUT2D eigenvalue weighted by Gasteiger charge is 2.39. The Morgan fingerprint density at radius 2 is 2.09 bits per heavy atom. The summed E-state index contributed by atoms with van der Waals surface area (Å²) in [5.74, 6) is 0.542. The van der Waals surface area contributed by atoms with Gasteiger partial charge in [-0.1, -0.05) is 23.7 Å². The van der Waals surface area contributed by atoms with Crippen LogP contribution in [-0.2, 0) is 9.53 Å². The van der Waals surface area contributed by atoms with Gasteiger partial charge in [0.2, 0.25) is 0 Å². The molecule has 1 aliphatic rings. The number of halogens is 1. The van der Waals surface area contributed by atoms with Gasteiger partial charge in [0, 0.05) is 7.11 Å². The first-order valence-corrected chi connectivity index (χ1v) is 7.90. The van der Waals surface area contributed by atoms with Crippen LogP contribution in [0.3, 0.4) is 0 Å². The second-order valence-electron chi connectivity index (χ2n) is 5.52. The van der Waals surface area contributed by atoms with Crippen molar-refractivity contribution in [1.82, 2.24) is 10.6 Å². The van der Waals surface area contributed by atoms with Gasteiger partial charge in [-0.05, 0) is 45.0 Å². The summed E-state index contributed by atoms with van der Waals surface area (Å²) in [6, 6.07) is 7.30. The van der Waals surface area contributed by atoms with Crippen LogP contribution in [0, 0.1) is 0 Å². The monoisotopic (exact) mass is 326 g/mol. The minimum atomic E-state index is -0.727. The van der Waals surface area contributed by atoms with Crippen LogP contribution in [0.5, 0.6) is 5.75 Å². The summed E-state index contributed by atoms with van der Waals surface area (Å²) in [5.41, 5.74) is -0.727. The smallest absolute Gasteiger partial charge is 0.252 e. The Bertz CT molecular complexity index is 504. The number of benzene rings is 1. The minimum absolute atomic E-state index is 0.0777. The zero-order chi connectivity index (χ0) is 16.0. The molecule has 1 aromatic rings. The summed E-state index contributed by atoms with van der Waals surface area (Å²) in [7, 11) is 1.59. The highest BCUT2D eigenvalue weighted by Crippen LogP contribution is 2.25. The molecule has 1 fully saturated rings. The molecule has 0 spiro atoms. The summed E-state index contributed by atoms with van der Waals surface area (Å²) >= 11 is 6.06. The molecule has 0 aliphatic carbocycles. The predicted molar refractivity (Wildman–Crippen MR) is 86.4 cm³/mol. The minimum Gasteiger partial charge on any atom is -0.487 e. The van der Waals surface area contributed by atoms with E-state index >= 15 is 0 Å². The molecule has 0 radical (unpaired) electrons. The lowest BCUT2D eigenvalue weighted by Crippen LogP contribution is -2.55. The normalized spacial score (nSPS) is 18.5.